The Hall–Kier alpha value is -0.810. The molecular formula is C19H37NO4. The fraction of sp³-hybridized carbons (Fsp3) is 0.947. The number of carbonyl (C=O) groups excluding carboxylic acids is 1. The predicted molar refractivity (Wildman–Crippen MR) is 95.8 cm³/mol. The van der Waals surface area contributed by atoms with Crippen molar-refractivity contribution in [3.8, 4) is 0 Å². The van der Waals surface area contributed by atoms with Gasteiger partial charge in [-0.25, -0.2) is 4.79 Å². The van der Waals surface area contributed by atoms with Gasteiger partial charge in [-0.15, -0.1) is 0 Å². The third-order valence-electron chi connectivity index (χ3n) is 4.53. The van der Waals surface area contributed by atoms with Crippen molar-refractivity contribution < 1.29 is 19.7 Å². The molecule has 5 heteroatoms. The molecule has 0 aliphatic heterocycles. The van der Waals surface area contributed by atoms with E-state index < -0.39 is 29.9 Å². The number of alkyl carbamates (subject to hydrolysis) is 1. The van der Waals surface area contributed by atoms with Crippen LogP contribution in [0.2, 0.25) is 0 Å². The maximum Gasteiger partial charge on any atom is 0.407 e. The summed E-state index contributed by atoms with van der Waals surface area (Å²) in [5.74, 6) is 0.770. The number of nitrogens with one attached hydrogen (secondary N) is 1. The predicted octanol–water partition coefficient (Wildman–Crippen LogP) is 3.62. The van der Waals surface area contributed by atoms with E-state index in [-0.39, 0.29) is 5.92 Å². The third-order valence-corrected chi connectivity index (χ3v) is 4.53. The van der Waals surface area contributed by atoms with Crippen LogP contribution in [0.3, 0.4) is 0 Å². The van der Waals surface area contributed by atoms with Crippen LogP contribution in [-0.2, 0) is 4.74 Å². The zero-order chi connectivity index (χ0) is 18.3. The van der Waals surface area contributed by atoms with Gasteiger partial charge in [-0.05, 0) is 45.4 Å². The summed E-state index contributed by atoms with van der Waals surface area (Å²) < 4.78 is 5.33. The van der Waals surface area contributed by atoms with E-state index >= 15 is 0 Å². The van der Waals surface area contributed by atoms with E-state index in [4.69, 9.17) is 4.74 Å². The maximum absolute atomic E-state index is 12.1. The Bertz CT molecular complexity index is 372. The molecule has 0 aromatic rings. The van der Waals surface area contributed by atoms with E-state index in [1.165, 1.54) is 19.3 Å². The molecule has 5 nitrogen and oxygen atoms in total. The Morgan fingerprint density at radius 2 is 1.75 bits per heavy atom. The molecule has 0 unspecified atom stereocenters. The SMILES string of the molecule is CC(C)C[C@H](O)[C@@H](O)[C@H](CC1CCCCC1)NC(=O)OC(C)(C)C. The summed E-state index contributed by atoms with van der Waals surface area (Å²) in [5.41, 5.74) is -0.582. The summed E-state index contributed by atoms with van der Waals surface area (Å²) in [7, 11) is 0. The standard InChI is InChI=1S/C19H37NO4/c1-13(2)11-16(21)17(22)15(12-14-9-7-6-8-10-14)20-18(23)24-19(3,4)5/h13-17,21-22H,6-12H2,1-5H3,(H,20,23)/t15-,16-,17-/m0/s1. The minimum absolute atomic E-state index is 0.284. The van der Waals surface area contributed by atoms with Gasteiger partial charge in [0, 0.05) is 0 Å². The van der Waals surface area contributed by atoms with Crippen LogP contribution in [0.4, 0.5) is 4.79 Å². The van der Waals surface area contributed by atoms with Gasteiger partial charge in [0.2, 0.25) is 0 Å². The summed E-state index contributed by atoms with van der Waals surface area (Å²) in [4.78, 5) is 12.1. The van der Waals surface area contributed by atoms with E-state index in [2.05, 4.69) is 5.32 Å². The summed E-state index contributed by atoms with van der Waals surface area (Å²) in [5, 5.41) is 23.7. The van der Waals surface area contributed by atoms with Gasteiger partial charge >= 0.3 is 6.09 Å². The maximum atomic E-state index is 12.1. The van der Waals surface area contributed by atoms with Gasteiger partial charge in [0.25, 0.3) is 0 Å². The number of carbonyl (C=O) groups is 1. The average Bonchev–Trinajstić information content (AvgIpc) is 2.44. The van der Waals surface area contributed by atoms with E-state index in [0.717, 1.165) is 12.8 Å². The fourth-order valence-corrected chi connectivity index (χ4v) is 3.42. The van der Waals surface area contributed by atoms with E-state index in [1.54, 1.807) is 0 Å². The zero-order valence-corrected chi connectivity index (χ0v) is 16.0. The van der Waals surface area contributed by atoms with Gasteiger partial charge in [-0.3, -0.25) is 0 Å². The molecule has 0 radical (unpaired) electrons. The summed E-state index contributed by atoms with van der Waals surface area (Å²) in [6, 6.07) is -0.475. The minimum Gasteiger partial charge on any atom is -0.444 e. The molecule has 1 aliphatic carbocycles. The molecule has 142 valence electrons. The molecule has 1 rings (SSSR count). The number of amides is 1. The number of aliphatic hydroxyl groups excluding tert-OH is 2. The highest BCUT2D eigenvalue weighted by atomic mass is 16.6. The van der Waals surface area contributed by atoms with E-state index in [9.17, 15) is 15.0 Å². The Morgan fingerprint density at radius 3 is 2.25 bits per heavy atom. The molecule has 24 heavy (non-hydrogen) atoms. The van der Waals surface area contributed by atoms with Gasteiger partial charge in [0.1, 0.15) is 11.7 Å². The van der Waals surface area contributed by atoms with E-state index in [1.807, 2.05) is 34.6 Å². The monoisotopic (exact) mass is 343 g/mol. The topological polar surface area (TPSA) is 78.8 Å². The second kappa shape index (κ2) is 9.62. The van der Waals surface area contributed by atoms with Gasteiger partial charge < -0.3 is 20.3 Å². The quantitative estimate of drug-likeness (QED) is 0.660. The normalized spacial score (nSPS) is 20.5. The Labute approximate surface area is 147 Å². The Morgan fingerprint density at radius 1 is 1.17 bits per heavy atom. The molecule has 1 amide bonds. The highest BCUT2D eigenvalue weighted by molar-refractivity contribution is 5.68. The van der Waals surface area contributed by atoms with Crippen LogP contribution in [0, 0.1) is 11.8 Å². The van der Waals surface area contributed by atoms with E-state index in [0.29, 0.717) is 18.8 Å². The molecule has 0 aromatic heterocycles. The van der Waals surface area contributed by atoms with Crippen LogP contribution in [0.1, 0.15) is 79.6 Å². The molecule has 1 saturated carbocycles. The molecular weight excluding hydrogens is 306 g/mol. The van der Waals surface area contributed by atoms with Crippen molar-refractivity contribution in [1.29, 1.82) is 0 Å². The van der Waals surface area contributed by atoms with Gasteiger partial charge in [-0.2, -0.15) is 0 Å². The summed E-state index contributed by atoms with van der Waals surface area (Å²) >= 11 is 0. The van der Waals surface area contributed by atoms with Crippen molar-refractivity contribution in [1.82, 2.24) is 5.32 Å². The summed E-state index contributed by atoms with van der Waals surface area (Å²) in [6.07, 6.45) is 4.78. The van der Waals surface area contributed by atoms with Crippen molar-refractivity contribution in [2.45, 2.75) is 103 Å². The average molecular weight is 344 g/mol. The molecule has 1 aliphatic rings. The smallest absolute Gasteiger partial charge is 0.407 e. The van der Waals surface area contributed by atoms with Crippen molar-refractivity contribution in [3.63, 3.8) is 0 Å². The first kappa shape index (κ1) is 21.2. The highest BCUT2D eigenvalue weighted by Crippen LogP contribution is 2.29. The van der Waals surface area contributed by atoms with Crippen LogP contribution < -0.4 is 5.32 Å². The lowest BCUT2D eigenvalue weighted by Crippen LogP contribution is -2.51. The van der Waals surface area contributed by atoms with Crippen LogP contribution in [0.5, 0.6) is 0 Å². The molecule has 3 atom stereocenters. The largest absolute Gasteiger partial charge is 0.444 e. The van der Waals surface area contributed by atoms with Crippen molar-refractivity contribution in [2.24, 2.45) is 11.8 Å². The first-order valence-corrected chi connectivity index (χ1v) is 9.44. The number of hydrogen-bond donors (Lipinski definition) is 3. The third kappa shape index (κ3) is 8.34. The molecule has 0 aromatic carbocycles. The van der Waals surface area contributed by atoms with Crippen molar-refractivity contribution in [3.05, 3.63) is 0 Å². The zero-order valence-electron chi connectivity index (χ0n) is 16.0. The second-order valence-corrected chi connectivity index (χ2v) is 8.68. The van der Waals surface area contributed by atoms with Crippen molar-refractivity contribution in [2.75, 3.05) is 0 Å². The van der Waals surface area contributed by atoms with Crippen molar-refractivity contribution >= 4 is 6.09 Å². The number of ether oxygens (including phenoxy) is 1. The molecule has 0 bridgehead atoms. The molecule has 3 N–H and O–H groups in total. The molecule has 1 fully saturated rings. The fourth-order valence-electron chi connectivity index (χ4n) is 3.42. The van der Waals surface area contributed by atoms with Gasteiger partial charge in [0.15, 0.2) is 0 Å². The number of hydrogen-bond acceptors (Lipinski definition) is 4. The molecule has 0 heterocycles. The Kier molecular flexibility index (Phi) is 8.51. The lowest BCUT2D eigenvalue weighted by atomic mass is 9.82. The first-order valence-electron chi connectivity index (χ1n) is 9.44. The van der Waals surface area contributed by atoms with Crippen LogP contribution >= 0.6 is 0 Å². The summed E-state index contributed by atoms with van der Waals surface area (Å²) in [6.45, 7) is 9.45. The van der Waals surface area contributed by atoms with Crippen LogP contribution in [-0.4, -0.2) is 40.2 Å². The van der Waals surface area contributed by atoms with Gasteiger partial charge in [0.05, 0.1) is 12.1 Å². The lowest BCUT2D eigenvalue weighted by molar-refractivity contribution is -0.0232. The second-order valence-electron chi connectivity index (χ2n) is 8.68. The molecule has 0 saturated heterocycles. The molecule has 0 spiro atoms. The van der Waals surface area contributed by atoms with Crippen LogP contribution in [0.15, 0.2) is 0 Å². The van der Waals surface area contributed by atoms with Crippen LogP contribution in [0.25, 0.3) is 0 Å². The van der Waals surface area contributed by atoms with Gasteiger partial charge in [-0.1, -0.05) is 46.0 Å². The number of rotatable bonds is 7. The highest BCUT2D eigenvalue weighted by Gasteiger charge is 2.32. The minimum atomic E-state index is -0.971. The lowest BCUT2D eigenvalue weighted by Gasteiger charge is -2.33. The number of aliphatic hydroxyl groups is 2. The first-order chi connectivity index (χ1) is 11.1. The Balaban J connectivity index is 2.71.